The minimum atomic E-state index is -0.152. The first-order valence-electron chi connectivity index (χ1n) is 9.62. The summed E-state index contributed by atoms with van der Waals surface area (Å²) in [6.07, 6.45) is 0. The van der Waals surface area contributed by atoms with E-state index in [1.54, 1.807) is 6.07 Å². The number of aromatic nitrogens is 1. The summed E-state index contributed by atoms with van der Waals surface area (Å²) in [5.74, 6) is 0.690. The van der Waals surface area contributed by atoms with Gasteiger partial charge in [0.25, 0.3) is 5.91 Å². The predicted molar refractivity (Wildman–Crippen MR) is 111 cm³/mol. The Labute approximate surface area is 165 Å². The zero-order valence-electron chi connectivity index (χ0n) is 15.7. The largest absolute Gasteiger partial charge is 0.353 e. The lowest BCUT2D eigenvalue weighted by atomic mass is 10.0. The molecule has 0 spiro atoms. The smallest absolute Gasteiger partial charge is 0.270 e. The number of anilines is 1. The zero-order valence-corrected chi connectivity index (χ0v) is 15.7. The van der Waals surface area contributed by atoms with Crippen LogP contribution < -0.4 is 15.5 Å². The van der Waals surface area contributed by atoms with Crippen LogP contribution in [0.2, 0.25) is 0 Å². The second-order valence-corrected chi connectivity index (χ2v) is 6.91. The summed E-state index contributed by atoms with van der Waals surface area (Å²) in [7, 11) is 0. The fourth-order valence-electron chi connectivity index (χ4n) is 3.46. The van der Waals surface area contributed by atoms with Gasteiger partial charge < -0.3 is 15.5 Å². The Kier molecular flexibility index (Phi) is 5.64. The van der Waals surface area contributed by atoms with Gasteiger partial charge in [0.2, 0.25) is 0 Å². The topological polar surface area (TPSA) is 57.3 Å². The van der Waals surface area contributed by atoms with Crippen molar-refractivity contribution < 1.29 is 4.79 Å². The van der Waals surface area contributed by atoms with Gasteiger partial charge in [0.1, 0.15) is 11.5 Å². The lowest BCUT2D eigenvalue weighted by Gasteiger charge is -2.34. The van der Waals surface area contributed by atoms with E-state index >= 15 is 0 Å². The lowest BCUT2D eigenvalue weighted by molar-refractivity contribution is 0.0946. The van der Waals surface area contributed by atoms with E-state index in [-0.39, 0.29) is 11.9 Å². The van der Waals surface area contributed by atoms with Gasteiger partial charge in [-0.1, -0.05) is 66.7 Å². The summed E-state index contributed by atoms with van der Waals surface area (Å²) in [6, 6.07) is 26.2. The van der Waals surface area contributed by atoms with Crippen molar-refractivity contribution in [3.05, 3.63) is 95.7 Å². The third-order valence-corrected chi connectivity index (χ3v) is 4.96. The van der Waals surface area contributed by atoms with Crippen molar-refractivity contribution in [2.75, 3.05) is 24.5 Å². The Bertz CT molecular complexity index is 914. The lowest BCUT2D eigenvalue weighted by Crippen LogP contribution is -2.46. The molecule has 5 nitrogen and oxygen atoms in total. The van der Waals surface area contributed by atoms with E-state index in [0.717, 1.165) is 31.0 Å². The molecule has 0 aliphatic carbocycles. The van der Waals surface area contributed by atoms with Crippen molar-refractivity contribution in [2.24, 2.45) is 0 Å². The van der Waals surface area contributed by atoms with E-state index in [9.17, 15) is 4.79 Å². The molecule has 0 unspecified atom stereocenters. The van der Waals surface area contributed by atoms with Crippen LogP contribution in [-0.4, -0.2) is 30.5 Å². The molecule has 4 rings (SSSR count). The first kappa shape index (κ1) is 18.2. The van der Waals surface area contributed by atoms with Gasteiger partial charge in [0.05, 0.1) is 0 Å². The average molecular weight is 372 g/mol. The maximum absolute atomic E-state index is 12.5. The highest BCUT2D eigenvalue weighted by atomic mass is 16.1. The number of carbonyl (C=O) groups excluding carboxylic acids is 1. The van der Waals surface area contributed by atoms with Crippen LogP contribution in [0.25, 0.3) is 0 Å². The Morgan fingerprint density at radius 3 is 2.54 bits per heavy atom. The fraction of sp³-hybridized carbons (Fsp3) is 0.217. The van der Waals surface area contributed by atoms with E-state index in [1.165, 1.54) is 5.56 Å². The van der Waals surface area contributed by atoms with Gasteiger partial charge in [-0.25, -0.2) is 4.98 Å². The fourth-order valence-corrected chi connectivity index (χ4v) is 3.46. The van der Waals surface area contributed by atoms with E-state index < -0.39 is 0 Å². The van der Waals surface area contributed by atoms with Crippen LogP contribution in [0.3, 0.4) is 0 Å². The molecule has 1 aromatic heterocycles. The third kappa shape index (κ3) is 4.38. The number of pyridine rings is 1. The highest BCUT2D eigenvalue weighted by molar-refractivity contribution is 5.92. The molecule has 1 amide bonds. The average Bonchev–Trinajstić information content (AvgIpc) is 2.79. The third-order valence-electron chi connectivity index (χ3n) is 4.96. The molecular weight excluding hydrogens is 348 g/mol. The Balaban J connectivity index is 1.43. The summed E-state index contributed by atoms with van der Waals surface area (Å²) < 4.78 is 0. The molecule has 0 bridgehead atoms. The molecule has 0 radical (unpaired) electrons. The first-order valence-corrected chi connectivity index (χ1v) is 9.62. The number of nitrogens with zero attached hydrogens (tertiary/aromatic N) is 2. The van der Waals surface area contributed by atoms with Crippen LogP contribution in [0, 0.1) is 0 Å². The van der Waals surface area contributed by atoms with Crippen molar-refractivity contribution in [3.8, 4) is 0 Å². The molecule has 1 saturated heterocycles. The summed E-state index contributed by atoms with van der Waals surface area (Å²) in [5.41, 5.74) is 2.78. The highest BCUT2D eigenvalue weighted by Crippen LogP contribution is 2.21. The van der Waals surface area contributed by atoms with Crippen molar-refractivity contribution in [1.82, 2.24) is 15.6 Å². The van der Waals surface area contributed by atoms with E-state index in [0.29, 0.717) is 12.2 Å². The molecule has 2 heterocycles. The predicted octanol–water partition coefficient (Wildman–Crippen LogP) is 3.16. The van der Waals surface area contributed by atoms with Gasteiger partial charge in [0.15, 0.2) is 0 Å². The summed E-state index contributed by atoms with van der Waals surface area (Å²) in [6.45, 7) is 3.07. The molecule has 1 atom stereocenters. The Morgan fingerprint density at radius 1 is 1.00 bits per heavy atom. The van der Waals surface area contributed by atoms with Gasteiger partial charge in [-0.3, -0.25) is 4.79 Å². The number of benzene rings is 2. The van der Waals surface area contributed by atoms with Crippen molar-refractivity contribution in [1.29, 1.82) is 0 Å². The van der Waals surface area contributed by atoms with Crippen LogP contribution >= 0.6 is 0 Å². The van der Waals surface area contributed by atoms with Gasteiger partial charge in [0, 0.05) is 32.2 Å². The summed E-state index contributed by atoms with van der Waals surface area (Å²) >= 11 is 0. The van der Waals surface area contributed by atoms with Crippen molar-refractivity contribution >= 4 is 11.7 Å². The maximum atomic E-state index is 12.5. The van der Waals surface area contributed by atoms with Crippen molar-refractivity contribution in [2.45, 2.75) is 12.6 Å². The minimum absolute atomic E-state index is 0.152. The number of hydrogen-bond acceptors (Lipinski definition) is 4. The van der Waals surface area contributed by atoms with Gasteiger partial charge in [-0.2, -0.15) is 0 Å². The normalized spacial score (nSPS) is 16.6. The van der Waals surface area contributed by atoms with Crippen LogP contribution in [0.5, 0.6) is 0 Å². The number of piperazine rings is 1. The molecule has 0 saturated carbocycles. The number of amides is 1. The monoisotopic (exact) mass is 372 g/mol. The summed E-state index contributed by atoms with van der Waals surface area (Å²) in [4.78, 5) is 19.4. The zero-order chi connectivity index (χ0) is 19.2. The molecule has 1 aliphatic heterocycles. The highest BCUT2D eigenvalue weighted by Gasteiger charge is 2.22. The van der Waals surface area contributed by atoms with Crippen LogP contribution in [-0.2, 0) is 6.54 Å². The second kappa shape index (κ2) is 8.67. The van der Waals surface area contributed by atoms with E-state index in [4.69, 9.17) is 0 Å². The molecule has 1 aliphatic rings. The SMILES string of the molecule is O=C(NCc1ccccc1)c1cccc(N2CCN[C@@H](c3ccccc3)C2)n1. The molecule has 2 aromatic carbocycles. The molecule has 5 heteroatoms. The molecule has 142 valence electrons. The molecule has 1 fully saturated rings. The second-order valence-electron chi connectivity index (χ2n) is 6.91. The molecule has 28 heavy (non-hydrogen) atoms. The van der Waals surface area contributed by atoms with E-state index in [1.807, 2.05) is 48.5 Å². The first-order chi connectivity index (χ1) is 13.8. The number of nitrogens with one attached hydrogen (secondary N) is 2. The molecular formula is C23H24N4O. The maximum Gasteiger partial charge on any atom is 0.270 e. The van der Waals surface area contributed by atoms with Crippen LogP contribution in [0.1, 0.15) is 27.7 Å². The van der Waals surface area contributed by atoms with Crippen LogP contribution in [0.15, 0.2) is 78.9 Å². The van der Waals surface area contributed by atoms with Crippen LogP contribution in [0.4, 0.5) is 5.82 Å². The van der Waals surface area contributed by atoms with Gasteiger partial charge in [-0.05, 0) is 23.3 Å². The number of rotatable bonds is 5. The molecule has 2 N–H and O–H groups in total. The Hall–Kier alpha value is -3.18. The quantitative estimate of drug-likeness (QED) is 0.722. The standard InChI is InChI=1S/C23H24N4O/c28-23(25-16-18-8-3-1-4-9-18)20-12-7-13-22(26-20)27-15-14-24-21(17-27)19-10-5-2-6-11-19/h1-13,21,24H,14-17H2,(H,25,28)/t21-/m1/s1. The number of carbonyl (C=O) groups is 1. The Morgan fingerprint density at radius 2 is 1.75 bits per heavy atom. The minimum Gasteiger partial charge on any atom is -0.353 e. The number of hydrogen-bond donors (Lipinski definition) is 2. The molecule has 3 aromatic rings. The van der Waals surface area contributed by atoms with E-state index in [2.05, 4.69) is 44.8 Å². The summed E-state index contributed by atoms with van der Waals surface area (Å²) in [5, 5.41) is 6.51. The van der Waals surface area contributed by atoms with Gasteiger partial charge >= 0.3 is 0 Å². The van der Waals surface area contributed by atoms with Gasteiger partial charge in [-0.15, -0.1) is 0 Å². The van der Waals surface area contributed by atoms with Crippen molar-refractivity contribution in [3.63, 3.8) is 0 Å².